The maximum Gasteiger partial charge on any atom is 0.253 e. The number of hydrogen-bond acceptors (Lipinski definition) is 4. The van der Waals surface area contributed by atoms with Gasteiger partial charge in [-0.25, -0.2) is 9.07 Å². The molecule has 6 heteroatoms. The van der Waals surface area contributed by atoms with Gasteiger partial charge in [0.05, 0.1) is 6.54 Å². The molecule has 132 valence electrons. The zero-order valence-electron chi connectivity index (χ0n) is 14.7. The van der Waals surface area contributed by atoms with Crippen LogP contribution >= 0.6 is 0 Å². The summed E-state index contributed by atoms with van der Waals surface area (Å²) >= 11 is 0. The van der Waals surface area contributed by atoms with Crippen LogP contribution in [0.3, 0.4) is 0 Å². The molecule has 0 aliphatic rings. The summed E-state index contributed by atoms with van der Waals surface area (Å²) < 4.78 is 20.6. The molecule has 0 aliphatic carbocycles. The molecular weight excluding hydrogens is 331 g/mol. The van der Waals surface area contributed by atoms with Crippen LogP contribution in [-0.2, 0) is 13.2 Å². The van der Waals surface area contributed by atoms with Gasteiger partial charge in [0.15, 0.2) is 5.56 Å². The minimum absolute atomic E-state index is 0.182. The van der Waals surface area contributed by atoms with Gasteiger partial charge in [-0.3, -0.25) is 0 Å². The van der Waals surface area contributed by atoms with Crippen LogP contribution in [0.5, 0.6) is 5.88 Å². The molecule has 0 radical (unpaired) electrons. The van der Waals surface area contributed by atoms with Gasteiger partial charge in [0.25, 0.3) is 5.88 Å². The number of nitrogens with two attached hydrogens (primary N) is 1. The molecular formula is C20H19FN4O. The molecule has 0 aliphatic heterocycles. The monoisotopic (exact) mass is 350 g/mol. The quantitative estimate of drug-likeness (QED) is 0.761. The third-order valence-corrected chi connectivity index (χ3v) is 4.16. The van der Waals surface area contributed by atoms with Gasteiger partial charge in [-0.1, -0.05) is 35.9 Å². The fourth-order valence-electron chi connectivity index (χ4n) is 2.74. The fourth-order valence-corrected chi connectivity index (χ4v) is 2.74. The van der Waals surface area contributed by atoms with E-state index >= 15 is 0 Å². The molecule has 0 atom stereocenters. The number of anilines is 1. The first-order valence-electron chi connectivity index (χ1n) is 8.17. The number of aromatic nitrogens is 2. The molecule has 1 aromatic heterocycles. The topological polar surface area (TPSA) is 76.9 Å². The van der Waals surface area contributed by atoms with Crippen LogP contribution in [0.2, 0.25) is 0 Å². The van der Waals surface area contributed by atoms with E-state index in [1.165, 1.54) is 22.4 Å². The molecule has 0 bridgehead atoms. The minimum atomic E-state index is -0.333. The van der Waals surface area contributed by atoms with Gasteiger partial charge in [0, 0.05) is 0 Å². The molecule has 0 unspecified atom stereocenters. The number of nitrogens with zero attached hydrogens (tertiary/aromatic N) is 3. The zero-order valence-corrected chi connectivity index (χ0v) is 14.7. The molecule has 2 N–H and O–H groups in total. The average Bonchev–Trinajstić information content (AvgIpc) is 2.89. The molecule has 3 rings (SSSR count). The standard InChI is InChI=1S/C20H19FN4O/c1-13-6-7-16(14(2)8-13)12-26-20-18(10-22)19(23)25(24-20)11-15-4-3-5-17(21)9-15/h3-9H,11-12,23H2,1-2H3. The van der Waals surface area contributed by atoms with Crippen LogP contribution in [0.25, 0.3) is 0 Å². The van der Waals surface area contributed by atoms with Gasteiger partial charge >= 0.3 is 0 Å². The minimum Gasteiger partial charge on any atom is -0.471 e. The van der Waals surface area contributed by atoms with Crippen molar-refractivity contribution >= 4 is 5.82 Å². The maximum atomic E-state index is 13.4. The van der Waals surface area contributed by atoms with Crippen LogP contribution in [0, 0.1) is 31.0 Å². The van der Waals surface area contributed by atoms with Crippen molar-refractivity contribution in [1.29, 1.82) is 5.26 Å². The van der Waals surface area contributed by atoms with E-state index in [2.05, 4.69) is 11.2 Å². The molecule has 2 aromatic carbocycles. The zero-order chi connectivity index (χ0) is 18.7. The molecule has 26 heavy (non-hydrogen) atoms. The van der Waals surface area contributed by atoms with Crippen molar-refractivity contribution in [3.63, 3.8) is 0 Å². The van der Waals surface area contributed by atoms with E-state index in [9.17, 15) is 9.65 Å². The van der Waals surface area contributed by atoms with Crippen molar-refractivity contribution in [3.05, 3.63) is 76.1 Å². The predicted molar refractivity (Wildman–Crippen MR) is 97.1 cm³/mol. The molecule has 0 saturated heterocycles. The Labute approximate surface area is 151 Å². The smallest absolute Gasteiger partial charge is 0.253 e. The number of ether oxygens (including phenoxy) is 1. The lowest BCUT2D eigenvalue weighted by Gasteiger charge is -2.07. The second-order valence-corrected chi connectivity index (χ2v) is 6.18. The fraction of sp³-hybridized carbons (Fsp3) is 0.200. The molecule has 5 nitrogen and oxygen atoms in total. The van der Waals surface area contributed by atoms with Crippen LogP contribution in [0.4, 0.5) is 10.2 Å². The summed E-state index contributed by atoms with van der Waals surface area (Å²) in [6, 6.07) is 14.3. The highest BCUT2D eigenvalue weighted by Crippen LogP contribution is 2.25. The molecule has 0 fully saturated rings. The van der Waals surface area contributed by atoms with Gasteiger partial charge in [-0.15, -0.1) is 5.10 Å². The van der Waals surface area contributed by atoms with E-state index in [1.54, 1.807) is 12.1 Å². The van der Waals surface area contributed by atoms with E-state index in [4.69, 9.17) is 10.5 Å². The first-order chi connectivity index (χ1) is 12.5. The van der Waals surface area contributed by atoms with Crippen LogP contribution < -0.4 is 10.5 Å². The van der Waals surface area contributed by atoms with E-state index in [0.29, 0.717) is 5.56 Å². The predicted octanol–water partition coefficient (Wildman–Crippen LogP) is 3.72. The summed E-state index contributed by atoms with van der Waals surface area (Å²) in [5, 5.41) is 13.7. The Kier molecular flexibility index (Phi) is 4.90. The normalized spacial score (nSPS) is 10.5. The molecule has 0 saturated carbocycles. The van der Waals surface area contributed by atoms with Gasteiger partial charge in [-0.2, -0.15) is 5.26 Å². The Morgan fingerprint density at radius 1 is 1.23 bits per heavy atom. The number of benzene rings is 2. The van der Waals surface area contributed by atoms with Crippen molar-refractivity contribution in [3.8, 4) is 11.9 Å². The molecule has 0 amide bonds. The summed E-state index contributed by atoms with van der Waals surface area (Å²) in [5.74, 6) is 0.0498. The highest BCUT2D eigenvalue weighted by Gasteiger charge is 2.17. The highest BCUT2D eigenvalue weighted by atomic mass is 19.1. The van der Waals surface area contributed by atoms with Gasteiger partial charge in [0.2, 0.25) is 0 Å². The first-order valence-corrected chi connectivity index (χ1v) is 8.17. The average molecular weight is 350 g/mol. The van der Waals surface area contributed by atoms with Gasteiger partial charge in [-0.05, 0) is 42.7 Å². The first kappa shape index (κ1) is 17.5. The third kappa shape index (κ3) is 3.67. The highest BCUT2D eigenvalue weighted by molar-refractivity contribution is 5.55. The Bertz CT molecular complexity index is 988. The van der Waals surface area contributed by atoms with E-state index < -0.39 is 0 Å². The van der Waals surface area contributed by atoms with E-state index in [-0.39, 0.29) is 36.2 Å². The Morgan fingerprint density at radius 3 is 2.73 bits per heavy atom. The van der Waals surface area contributed by atoms with Crippen LogP contribution in [-0.4, -0.2) is 9.78 Å². The Balaban J connectivity index is 1.82. The number of nitriles is 1. The lowest BCUT2D eigenvalue weighted by Crippen LogP contribution is -2.06. The van der Waals surface area contributed by atoms with Crippen molar-refractivity contribution in [2.45, 2.75) is 27.0 Å². The molecule has 1 heterocycles. The summed E-state index contributed by atoms with van der Waals surface area (Å²) in [6.45, 7) is 4.58. The van der Waals surface area contributed by atoms with E-state index in [1.807, 2.05) is 32.0 Å². The lowest BCUT2D eigenvalue weighted by atomic mass is 10.1. The van der Waals surface area contributed by atoms with Crippen molar-refractivity contribution in [2.75, 3.05) is 5.73 Å². The lowest BCUT2D eigenvalue weighted by molar-refractivity contribution is 0.288. The van der Waals surface area contributed by atoms with Gasteiger partial charge < -0.3 is 10.5 Å². The maximum absolute atomic E-state index is 13.4. The second-order valence-electron chi connectivity index (χ2n) is 6.18. The second kappa shape index (κ2) is 7.28. The number of aryl methyl sites for hydroxylation is 2. The summed E-state index contributed by atoms with van der Waals surface area (Å²) in [7, 11) is 0. The molecule has 0 spiro atoms. The van der Waals surface area contributed by atoms with Crippen LogP contribution in [0.1, 0.15) is 27.8 Å². The summed E-state index contributed by atoms with van der Waals surface area (Å²) in [4.78, 5) is 0. The van der Waals surface area contributed by atoms with E-state index in [0.717, 1.165) is 11.1 Å². The van der Waals surface area contributed by atoms with Crippen molar-refractivity contribution in [1.82, 2.24) is 9.78 Å². The number of halogens is 1. The summed E-state index contributed by atoms with van der Waals surface area (Å²) in [6.07, 6.45) is 0. The largest absolute Gasteiger partial charge is 0.471 e. The number of nitrogen functional groups attached to an aromatic ring is 1. The Hall–Kier alpha value is -3.33. The van der Waals surface area contributed by atoms with Crippen LogP contribution in [0.15, 0.2) is 42.5 Å². The third-order valence-electron chi connectivity index (χ3n) is 4.16. The number of rotatable bonds is 5. The Morgan fingerprint density at radius 2 is 2.04 bits per heavy atom. The van der Waals surface area contributed by atoms with Crippen molar-refractivity contribution in [2.24, 2.45) is 0 Å². The van der Waals surface area contributed by atoms with Gasteiger partial charge in [0.1, 0.15) is 24.3 Å². The number of hydrogen-bond donors (Lipinski definition) is 1. The van der Waals surface area contributed by atoms with Crippen molar-refractivity contribution < 1.29 is 9.13 Å². The summed E-state index contributed by atoms with van der Waals surface area (Å²) in [5.41, 5.74) is 10.2. The molecule has 3 aromatic rings. The SMILES string of the molecule is Cc1ccc(COc2nn(Cc3cccc(F)c3)c(N)c2C#N)c(C)c1.